The SMILES string of the molecule is COc1ccc(N)cc1S(=O)(=O)NC(C)(CO)CO. The molecule has 7 nitrogen and oxygen atoms in total. The largest absolute Gasteiger partial charge is 0.495 e. The van der Waals surface area contributed by atoms with E-state index in [-0.39, 0.29) is 16.3 Å². The molecule has 108 valence electrons. The lowest BCUT2D eigenvalue weighted by atomic mass is 10.1. The fourth-order valence-corrected chi connectivity index (χ4v) is 2.99. The average molecular weight is 290 g/mol. The molecule has 0 heterocycles. The molecule has 0 fully saturated rings. The quantitative estimate of drug-likeness (QED) is 0.514. The number of methoxy groups -OCH3 is 1. The molecule has 0 bridgehead atoms. The molecule has 1 rings (SSSR count). The summed E-state index contributed by atoms with van der Waals surface area (Å²) in [5.41, 5.74) is 4.45. The number of rotatable bonds is 6. The number of aliphatic hydroxyl groups is 2. The molecule has 19 heavy (non-hydrogen) atoms. The van der Waals surface area contributed by atoms with E-state index in [0.29, 0.717) is 0 Å². The Labute approximate surface area is 112 Å². The topological polar surface area (TPSA) is 122 Å². The summed E-state index contributed by atoms with van der Waals surface area (Å²) in [4.78, 5) is -0.150. The summed E-state index contributed by atoms with van der Waals surface area (Å²) in [6.45, 7) is 0.282. The predicted octanol–water partition coefficient (Wildman–Crippen LogP) is -0.701. The minimum atomic E-state index is -3.98. The summed E-state index contributed by atoms with van der Waals surface area (Å²) >= 11 is 0. The molecule has 5 N–H and O–H groups in total. The highest BCUT2D eigenvalue weighted by molar-refractivity contribution is 7.89. The molecule has 0 aliphatic heterocycles. The number of anilines is 1. The maximum Gasteiger partial charge on any atom is 0.244 e. The molecule has 0 saturated heterocycles. The van der Waals surface area contributed by atoms with E-state index in [1.807, 2.05) is 0 Å². The Kier molecular flexibility index (Phi) is 4.75. The Bertz CT molecular complexity index is 540. The van der Waals surface area contributed by atoms with Gasteiger partial charge in [0, 0.05) is 5.69 Å². The summed E-state index contributed by atoms with van der Waals surface area (Å²) in [6.07, 6.45) is 0. The van der Waals surface area contributed by atoms with Crippen molar-refractivity contribution in [3.63, 3.8) is 0 Å². The second-order valence-corrected chi connectivity index (χ2v) is 6.04. The van der Waals surface area contributed by atoms with Gasteiger partial charge in [-0.3, -0.25) is 0 Å². The molecule has 0 atom stereocenters. The van der Waals surface area contributed by atoms with Crippen LogP contribution in [0, 0.1) is 0 Å². The molecule has 0 unspecified atom stereocenters. The van der Waals surface area contributed by atoms with Gasteiger partial charge in [0.05, 0.1) is 25.9 Å². The molecule has 0 spiro atoms. The van der Waals surface area contributed by atoms with Crippen LogP contribution in [0.4, 0.5) is 5.69 Å². The number of aliphatic hydroxyl groups excluding tert-OH is 2. The summed E-state index contributed by atoms with van der Waals surface area (Å²) in [6, 6.07) is 4.19. The van der Waals surface area contributed by atoms with Gasteiger partial charge in [-0.1, -0.05) is 0 Å². The van der Waals surface area contributed by atoms with Gasteiger partial charge in [-0.15, -0.1) is 0 Å². The van der Waals surface area contributed by atoms with Gasteiger partial charge in [0.15, 0.2) is 0 Å². The van der Waals surface area contributed by atoms with Gasteiger partial charge < -0.3 is 20.7 Å². The second-order valence-electron chi connectivity index (χ2n) is 4.39. The minimum absolute atomic E-state index is 0.125. The highest BCUT2D eigenvalue weighted by atomic mass is 32.2. The van der Waals surface area contributed by atoms with Crippen molar-refractivity contribution in [2.75, 3.05) is 26.1 Å². The van der Waals surface area contributed by atoms with Gasteiger partial charge in [-0.2, -0.15) is 0 Å². The van der Waals surface area contributed by atoms with Gasteiger partial charge in [0.2, 0.25) is 10.0 Å². The fraction of sp³-hybridized carbons (Fsp3) is 0.455. The molecule has 0 aromatic heterocycles. The average Bonchev–Trinajstić information content (AvgIpc) is 2.38. The number of ether oxygens (including phenoxy) is 1. The molecule has 0 aliphatic carbocycles. The third-order valence-electron chi connectivity index (χ3n) is 2.56. The smallest absolute Gasteiger partial charge is 0.244 e. The highest BCUT2D eigenvalue weighted by Crippen LogP contribution is 2.26. The van der Waals surface area contributed by atoms with Crippen molar-refractivity contribution in [2.24, 2.45) is 0 Å². The van der Waals surface area contributed by atoms with Crippen molar-refractivity contribution in [1.82, 2.24) is 4.72 Å². The van der Waals surface area contributed by atoms with E-state index < -0.39 is 28.8 Å². The van der Waals surface area contributed by atoms with Crippen LogP contribution in [0.2, 0.25) is 0 Å². The maximum absolute atomic E-state index is 12.2. The van der Waals surface area contributed by atoms with E-state index in [4.69, 9.17) is 20.7 Å². The molecule has 1 aromatic rings. The van der Waals surface area contributed by atoms with Crippen molar-refractivity contribution in [1.29, 1.82) is 0 Å². The van der Waals surface area contributed by atoms with E-state index in [1.54, 1.807) is 0 Å². The first-order valence-corrected chi connectivity index (χ1v) is 6.95. The lowest BCUT2D eigenvalue weighted by Crippen LogP contribution is -2.51. The van der Waals surface area contributed by atoms with Crippen molar-refractivity contribution in [3.8, 4) is 5.75 Å². The Morgan fingerprint density at radius 2 is 1.95 bits per heavy atom. The fourth-order valence-electron chi connectivity index (χ4n) is 1.40. The first kappa shape index (κ1) is 15.7. The van der Waals surface area contributed by atoms with E-state index >= 15 is 0 Å². The minimum Gasteiger partial charge on any atom is -0.495 e. The number of hydrogen-bond acceptors (Lipinski definition) is 6. The van der Waals surface area contributed by atoms with Gasteiger partial charge >= 0.3 is 0 Å². The van der Waals surface area contributed by atoms with Gasteiger partial charge in [-0.25, -0.2) is 13.1 Å². The zero-order valence-corrected chi connectivity index (χ0v) is 11.6. The number of nitrogens with one attached hydrogen (secondary N) is 1. The van der Waals surface area contributed by atoms with Crippen LogP contribution in [0.1, 0.15) is 6.92 Å². The van der Waals surface area contributed by atoms with Crippen LogP contribution in [0.15, 0.2) is 23.1 Å². The monoisotopic (exact) mass is 290 g/mol. The van der Waals surface area contributed by atoms with E-state index in [0.717, 1.165) is 0 Å². The Hall–Kier alpha value is -1.35. The molecule has 8 heteroatoms. The van der Waals surface area contributed by atoms with Crippen LogP contribution in [-0.2, 0) is 10.0 Å². The maximum atomic E-state index is 12.2. The van der Waals surface area contributed by atoms with Crippen molar-refractivity contribution in [2.45, 2.75) is 17.4 Å². The van der Waals surface area contributed by atoms with Gasteiger partial charge in [0.25, 0.3) is 0 Å². The molecular weight excluding hydrogens is 272 g/mol. The normalized spacial score (nSPS) is 12.4. The Morgan fingerprint density at radius 1 is 1.37 bits per heavy atom. The lowest BCUT2D eigenvalue weighted by molar-refractivity contribution is 0.121. The van der Waals surface area contributed by atoms with Crippen LogP contribution in [-0.4, -0.2) is 44.5 Å². The van der Waals surface area contributed by atoms with E-state index in [1.165, 1.54) is 32.2 Å². The number of nitrogens with two attached hydrogens (primary N) is 1. The summed E-state index contributed by atoms with van der Waals surface area (Å²) in [5, 5.41) is 18.3. The number of benzene rings is 1. The van der Waals surface area contributed by atoms with E-state index in [2.05, 4.69) is 4.72 Å². The highest BCUT2D eigenvalue weighted by Gasteiger charge is 2.31. The Morgan fingerprint density at radius 3 is 2.42 bits per heavy atom. The van der Waals surface area contributed by atoms with Gasteiger partial charge in [-0.05, 0) is 25.1 Å². The van der Waals surface area contributed by atoms with Crippen molar-refractivity contribution in [3.05, 3.63) is 18.2 Å². The first-order chi connectivity index (χ1) is 8.78. The van der Waals surface area contributed by atoms with Crippen LogP contribution in [0.25, 0.3) is 0 Å². The molecule has 0 radical (unpaired) electrons. The van der Waals surface area contributed by atoms with E-state index in [9.17, 15) is 8.42 Å². The lowest BCUT2D eigenvalue weighted by Gasteiger charge is -2.26. The summed E-state index contributed by atoms with van der Waals surface area (Å²) in [5.74, 6) is 0.125. The zero-order valence-electron chi connectivity index (χ0n) is 10.8. The van der Waals surface area contributed by atoms with Crippen molar-refractivity contribution < 1.29 is 23.4 Å². The number of sulfonamides is 1. The molecular formula is C11H18N2O5S. The zero-order chi connectivity index (χ0) is 14.7. The second kappa shape index (κ2) is 5.74. The molecule has 1 aromatic carbocycles. The summed E-state index contributed by atoms with van der Waals surface area (Å²) in [7, 11) is -2.65. The third kappa shape index (κ3) is 3.57. The predicted molar refractivity (Wildman–Crippen MR) is 70.3 cm³/mol. The van der Waals surface area contributed by atoms with Crippen LogP contribution in [0.3, 0.4) is 0 Å². The van der Waals surface area contributed by atoms with Crippen LogP contribution in [0.5, 0.6) is 5.75 Å². The molecule has 0 saturated carbocycles. The first-order valence-electron chi connectivity index (χ1n) is 5.47. The summed E-state index contributed by atoms with van der Waals surface area (Å²) < 4.78 is 31.6. The standard InChI is InChI=1S/C11H18N2O5S/c1-11(6-14,7-15)13-19(16,17)10-5-8(12)3-4-9(10)18-2/h3-5,13-15H,6-7,12H2,1-2H3. The Balaban J connectivity index is 3.24. The number of hydrogen-bond donors (Lipinski definition) is 4. The van der Waals surface area contributed by atoms with Crippen LogP contribution >= 0.6 is 0 Å². The third-order valence-corrected chi connectivity index (χ3v) is 4.22. The van der Waals surface area contributed by atoms with Crippen molar-refractivity contribution >= 4 is 15.7 Å². The van der Waals surface area contributed by atoms with Gasteiger partial charge in [0.1, 0.15) is 10.6 Å². The molecule has 0 aliphatic rings. The van der Waals surface area contributed by atoms with Crippen LogP contribution < -0.4 is 15.2 Å². The molecule has 0 amide bonds. The number of nitrogen functional groups attached to an aromatic ring is 1.